The molecule has 0 aliphatic rings. The monoisotopic (exact) mass is 379 g/mol. The second kappa shape index (κ2) is 15.3. The number of hydrogen-bond acceptors (Lipinski definition) is 1. The predicted molar refractivity (Wildman–Crippen MR) is 124 cm³/mol. The van der Waals surface area contributed by atoms with Crippen molar-refractivity contribution in [3.05, 3.63) is 71.8 Å². The molecule has 0 saturated heterocycles. The van der Waals surface area contributed by atoms with Gasteiger partial charge in [0.05, 0.1) is 0 Å². The summed E-state index contributed by atoms with van der Waals surface area (Å²) in [6.45, 7) is 0.855. The fraction of sp³-hybridized carbons (Fsp3) is 0.556. The smallest absolute Gasteiger partial charge is 0.00773 e. The Morgan fingerprint density at radius 2 is 0.929 bits per heavy atom. The van der Waals surface area contributed by atoms with Crippen molar-refractivity contribution in [3.8, 4) is 0 Å². The Labute approximate surface area is 173 Å². The summed E-state index contributed by atoms with van der Waals surface area (Å²) >= 11 is 0. The van der Waals surface area contributed by atoms with Crippen molar-refractivity contribution in [1.29, 1.82) is 0 Å². The molecule has 2 rings (SSSR count). The van der Waals surface area contributed by atoms with Crippen molar-refractivity contribution < 1.29 is 0 Å². The average Bonchev–Trinajstić information content (AvgIpc) is 2.75. The highest BCUT2D eigenvalue weighted by Crippen LogP contribution is 2.23. The number of aryl methyl sites for hydroxylation is 2. The van der Waals surface area contributed by atoms with Gasteiger partial charge in [-0.05, 0) is 55.7 Å². The minimum absolute atomic E-state index is 0.852. The molecule has 0 saturated carbocycles. The molecule has 0 atom stereocenters. The minimum atomic E-state index is 0.852. The van der Waals surface area contributed by atoms with Gasteiger partial charge in [0.15, 0.2) is 0 Å². The molecule has 0 unspecified atom stereocenters. The van der Waals surface area contributed by atoms with Crippen LogP contribution in [-0.4, -0.2) is 6.54 Å². The van der Waals surface area contributed by atoms with Gasteiger partial charge in [-0.2, -0.15) is 0 Å². The highest BCUT2D eigenvalue weighted by atomic mass is 14.5. The molecule has 0 aromatic heterocycles. The van der Waals surface area contributed by atoms with E-state index in [4.69, 9.17) is 5.73 Å². The van der Waals surface area contributed by atoms with Crippen molar-refractivity contribution in [2.24, 2.45) is 11.7 Å². The lowest BCUT2D eigenvalue weighted by Gasteiger charge is -2.17. The van der Waals surface area contributed by atoms with E-state index in [1.54, 1.807) is 0 Å². The number of nitrogens with two attached hydrogens (primary N) is 1. The van der Waals surface area contributed by atoms with Gasteiger partial charge in [0.1, 0.15) is 0 Å². The third-order valence-corrected chi connectivity index (χ3v) is 5.93. The van der Waals surface area contributed by atoms with E-state index in [9.17, 15) is 0 Å². The molecule has 2 aromatic rings. The summed E-state index contributed by atoms with van der Waals surface area (Å²) in [4.78, 5) is 0. The molecule has 0 radical (unpaired) electrons. The van der Waals surface area contributed by atoms with E-state index in [1.165, 1.54) is 94.6 Å². The molecule has 0 aliphatic heterocycles. The van der Waals surface area contributed by atoms with Gasteiger partial charge in [-0.25, -0.2) is 0 Å². The predicted octanol–water partition coefficient (Wildman–Crippen LogP) is 7.34. The molecule has 0 heterocycles. The Hall–Kier alpha value is -1.60. The van der Waals surface area contributed by atoms with Crippen LogP contribution in [-0.2, 0) is 12.8 Å². The molecule has 0 fully saturated rings. The summed E-state index contributed by atoms with van der Waals surface area (Å²) < 4.78 is 0. The molecule has 154 valence electrons. The van der Waals surface area contributed by atoms with E-state index in [0.29, 0.717) is 0 Å². The van der Waals surface area contributed by atoms with Gasteiger partial charge in [0.25, 0.3) is 0 Å². The number of unbranched alkanes of at least 4 members (excludes halogenated alkanes) is 7. The summed E-state index contributed by atoms with van der Waals surface area (Å²) in [5, 5.41) is 0. The van der Waals surface area contributed by atoms with E-state index in [1.807, 2.05) is 0 Å². The number of rotatable bonds is 16. The Morgan fingerprint density at radius 3 is 1.39 bits per heavy atom. The van der Waals surface area contributed by atoms with Crippen molar-refractivity contribution in [1.82, 2.24) is 0 Å². The van der Waals surface area contributed by atoms with E-state index >= 15 is 0 Å². The van der Waals surface area contributed by atoms with Gasteiger partial charge < -0.3 is 5.73 Å². The van der Waals surface area contributed by atoms with Crippen LogP contribution < -0.4 is 5.73 Å². The van der Waals surface area contributed by atoms with E-state index in [2.05, 4.69) is 60.7 Å². The van der Waals surface area contributed by atoms with Crippen LogP contribution in [0.1, 0.15) is 81.8 Å². The zero-order valence-corrected chi connectivity index (χ0v) is 17.8. The van der Waals surface area contributed by atoms with Crippen molar-refractivity contribution in [2.75, 3.05) is 6.54 Å². The van der Waals surface area contributed by atoms with Crippen LogP contribution in [0.3, 0.4) is 0 Å². The fourth-order valence-corrected chi connectivity index (χ4v) is 4.10. The first-order chi connectivity index (χ1) is 13.9. The van der Waals surface area contributed by atoms with Crippen molar-refractivity contribution in [2.45, 2.75) is 83.5 Å². The molecule has 0 aliphatic carbocycles. The molecule has 0 spiro atoms. The molecule has 0 bridgehead atoms. The zero-order chi connectivity index (χ0) is 19.7. The maximum atomic E-state index is 5.56. The highest BCUT2D eigenvalue weighted by Gasteiger charge is 2.10. The van der Waals surface area contributed by atoms with Gasteiger partial charge >= 0.3 is 0 Å². The van der Waals surface area contributed by atoms with E-state index in [-0.39, 0.29) is 0 Å². The molecular weight excluding hydrogens is 338 g/mol. The number of hydrogen-bond donors (Lipinski definition) is 1. The maximum Gasteiger partial charge on any atom is -0.00773 e. The second-order valence-electron chi connectivity index (χ2n) is 8.32. The van der Waals surface area contributed by atoms with Crippen LogP contribution in [0.15, 0.2) is 60.7 Å². The molecule has 0 amide bonds. The van der Waals surface area contributed by atoms with E-state index < -0.39 is 0 Å². The van der Waals surface area contributed by atoms with Crippen LogP contribution in [0.4, 0.5) is 0 Å². The Balaban J connectivity index is 1.66. The molecule has 2 aromatic carbocycles. The Kier molecular flexibility index (Phi) is 12.4. The molecule has 2 N–H and O–H groups in total. The van der Waals surface area contributed by atoms with Crippen molar-refractivity contribution in [3.63, 3.8) is 0 Å². The van der Waals surface area contributed by atoms with Gasteiger partial charge in [0.2, 0.25) is 0 Å². The number of benzene rings is 2. The Morgan fingerprint density at radius 1 is 0.500 bits per heavy atom. The first-order valence-corrected chi connectivity index (χ1v) is 11.7. The summed E-state index contributed by atoms with van der Waals surface area (Å²) in [5.74, 6) is 0.852. The van der Waals surface area contributed by atoms with Crippen LogP contribution in [0.5, 0.6) is 0 Å². The molecule has 28 heavy (non-hydrogen) atoms. The minimum Gasteiger partial charge on any atom is -0.330 e. The molecule has 1 nitrogen and oxygen atoms in total. The lowest BCUT2D eigenvalue weighted by molar-refractivity contribution is 0.398. The maximum absolute atomic E-state index is 5.56. The topological polar surface area (TPSA) is 26.0 Å². The fourth-order valence-electron chi connectivity index (χ4n) is 4.10. The van der Waals surface area contributed by atoms with Gasteiger partial charge in [-0.15, -0.1) is 0 Å². The van der Waals surface area contributed by atoms with Crippen molar-refractivity contribution >= 4 is 0 Å². The lowest BCUT2D eigenvalue weighted by Crippen LogP contribution is -2.05. The Bertz CT molecular complexity index is 534. The van der Waals surface area contributed by atoms with Gasteiger partial charge in [-0.1, -0.05) is 112 Å². The molecular formula is C27H41N. The zero-order valence-electron chi connectivity index (χ0n) is 17.8. The summed E-state index contributed by atoms with van der Waals surface area (Å²) in [6.07, 6.45) is 17.4. The first kappa shape index (κ1) is 22.7. The molecule has 1 heteroatoms. The normalized spacial score (nSPS) is 11.2. The van der Waals surface area contributed by atoms with Crippen LogP contribution in [0.25, 0.3) is 0 Å². The third-order valence-electron chi connectivity index (χ3n) is 5.93. The largest absolute Gasteiger partial charge is 0.330 e. The van der Waals surface area contributed by atoms with Crippen LogP contribution >= 0.6 is 0 Å². The van der Waals surface area contributed by atoms with Crippen LogP contribution in [0, 0.1) is 5.92 Å². The second-order valence-corrected chi connectivity index (χ2v) is 8.32. The first-order valence-electron chi connectivity index (χ1n) is 11.7. The summed E-state index contributed by atoms with van der Waals surface area (Å²) in [5.41, 5.74) is 8.54. The highest BCUT2D eigenvalue weighted by molar-refractivity contribution is 5.15. The SMILES string of the molecule is NCCCCCCCCCCC(CCc1ccccc1)CCc1ccccc1. The van der Waals surface area contributed by atoms with Gasteiger partial charge in [0, 0.05) is 0 Å². The van der Waals surface area contributed by atoms with Gasteiger partial charge in [-0.3, -0.25) is 0 Å². The standard InChI is InChI=1S/C27H41N/c28-24-14-6-4-2-1-3-5-9-19-27(22-20-25-15-10-7-11-16-25)23-21-26-17-12-8-13-18-26/h7-8,10-13,15-18,27H,1-6,9,14,19-24,28H2. The quantitative estimate of drug-likeness (QED) is 0.303. The lowest BCUT2D eigenvalue weighted by atomic mass is 9.88. The third kappa shape index (κ3) is 10.7. The van der Waals surface area contributed by atoms with Crippen LogP contribution in [0.2, 0.25) is 0 Å². The van der Waals surface area contributed by atoms with E-state index in [0.717, 1.165) is 12.5 Å². The average molecular weight is 380 g/mol. The summed E-state index contributed by atoms with van der Waals surface area (Å²) in [7, 11) is 0. The summed E-state index contributed by atoms with van der Waals surface area (Å²) in [6, 6.07) is 22.0.